The Balaban J connectivity index is 1.97. The number of nitrogens with zero attached hydrogens (tertiary/aromatic N) is 1. The van der Waals surface area contributed by atoms with E-state index in [4.69, 9.17) is 21.1 Å². The number of carbonyl (C=O) groups is 2. The van der Waals surface area contributed by atoms with Gasteiger partial charge in [-0.1, -0.05) is 23.7 Å². The van der Waals surface area contributed by atoms with E-state index in [9.17, 15) is 9.59 Å². The minimum Gasteiger partial charge on any atom is -0.456 e. The molecule has 0 radical (unpaired) electrons. The highest BCUT2D eigenvalue weighted by molar-refractivity contribution is 6.32. The first-order chi connectivity index (χ1) is 11.3. The second-order valence-electron chi connectivity index (χ2n) is 6.47. The van der Waals surface area contributed by atoms with Crippen LogP contribution in [-0.4, -0.2) is 22.5 Å². The van der Waals surface area contributed by atoms with Gasteiger partial charge in [-0.15, -0.1) is 0 Å². The highest BCUT2D eigenvalue weighted by Gasteiger charge is 2.36. The zero-order chi connectivity index (χ0) is 17.5. The second kappa shape index (κ2) is 5.91. The molecule has 0 amide bonds. The topological polar surface area (TPSA) is 65.5 Å². The number of halogens is 1. The van der Waals surface area contributed by atoms with Gasteiger partial charge in [0.15, 0.2) is 11.8 Å². The zero-order valence-electron chi connectivity index (χ0n) is 13.5. The molecule has 0 N–H and O–H groups in total. The molecule has 0 bridgehead atoms. The number of fused-ring (bicyclic) bond motifs is 1. The molecule has 6 heteroatoms. The van der Waals surface area contributed by atoms with E-state index in [2.05, 4.69) is 4.98 Å². The standard InChI is InChI=1S/C18H16ClNO4/c1-18(2,3)24-16(21)11-6-4-5-10(9-11)15-13-12(19)7-8-20-14(13)17(22)23-15/h4-9,15H,1-3H3. The van der Waals surface area contributed by atoms with Crippen LogP contribution in [0.25, 0.3) is 0 Å². The van der Waals surface area contributed by atoms with E-state index >= 15 is 0 Å². The van der Waals surface area contributed by atoms with E-state index in [-0.39, 0.29) is 5.69 Å². The van der Waals surface area contributed by atoms with Gasteiger partial charge < -0.3 is 9.47 Å². The monoisotopic (exact) mass is 345 g/mol. The van der Waals surface area contributed by atoms with Crippen LogP contribution >= 0.6 is 11.6 Å². The molecule has 1 aliphatic heterocycles. The van der Waals surface area contributed by atoms with Crippen molar-refractivity contribution in [2.75, 3.05) is 0 Å². The molecule has 1 aromatic heterocycles. The van der Waals surface area contributed by atoms with E-state index < -0.39 is 23.6 Å². The predicted octanol–water partition coefficient (Wildman–Crippen LogP) is 3.95. The van der Waals surface area contributed by atoms with Gasteiger partial charge in [-0.2, -0.15) is 0 Å². The molecule has 0 fully saturated rings. The molecule has 0 spiro atoms. The first-order valence-corrected chi connectivity index (χ1v) is 7.83. The number of cyclic esters (lactones) is 1. The lowest BCUT2D eigenvalue weighted by Crippen LogP contribution is -2.24. The van der Waals surface area contributed by atoms with Gasteiger partial charge in [0.1, 0.15) is 5.60 Å². The molecule has 124 valence electrons. The summed E-state index contributed by atoms with van der Waals surface area (Å²) in [4.78, 5) is 28.2. The molecule has 1 unspecified atom stereocenters. The fourth-order valence-electron chi connectivity index (χ4n) is 2.48. The molecule has 0 saturated heterocycles. The number of hydrogen-bond acceptors (Lipinski definition) is 5. The fourth-order valence-corrected chi connectivity index (χ4v) is 2.73. The molecule has 2 heterocycles. The van der Waals surface area contributed by atoms with Crippen molar-refractivity contribution in [1.29, 1.82) is 0 Å². The first kappa shape index (κ1) is 16.5. The molecule has 5 nitrogen and oxygen atoms in total. The summed E-state index contributed by atoms with van der Waals surface area (Å²) in [6.07, 6.45) is 0.776. The quantitative estimate of drug-likeness (QED) is 0.771. The molecule has 1 aromatic carbocycles. The van der Waals surface area contributed by atoms with Crippen LogP contribution in [0.5, 0.6) is 0 Å². The Hall–Kier alpha value is -2.40. The summed E-state index contributed by atoms with van der Waals surface area (Å²) in [6, 6.07) is 8.38. The van der Waals surface area contributed by atoms with Crippen LogP contribution in [0.3, 0.4) is 0 Å². The van der Waals surface area contributed by atoms with Gasteiger partial charge in [0.25, 0.3) is 0 Å². The van der Waals surface area contributed by atoms with Crippen molar-refractivity contribution in [2.24, 2.45) is 0 Å². The summed E-state index contributed by atoms with van der Waals surface area (Å²) in [5.74, 6) is -0.966. The minimum absolute atomic E-state index is 0.204. The van der Waals surface area contributed by atoms with Crippen LogP contribution < -0.4 is 0 Å². The lowest BCUT2D eigenvalue weighted by atomic mass is 10.00. The highest BCUT2D eigenvalue weighted by atomic mass is 35.5. The van der Waals surface area contributed by atoms with Crippen molar-refractivity contribution in [2.45, 2.75) is 32.5 Å². The van der Waals surface area contributed by atoms with Gasteiger partial charge >= 0.3 is 11.9 Å². The van der Waals surface area contributed by atoms with Crippen molar-refractivity contribution in [3.05, 3.63) is 63.9 Å². The van der Waals surface area contributed by atoms with Crippen molar-refractivity contribution in [3.63, 3.8) is 0 Å². The average molecular weight is 346 g/mol. The van der Waals surface area contributed by atoms with Crippen molar-refractivity contribution in [3.8, 4) is 0 Å². The third kappa shape index (κ3) is 3.12. The second-order valence-corrected chi connectivity index (χ2v) is 6.87. The molecule has 0 saturated carbocycles. The number of rotatable bonds is 2. The molecule has 0 aliphatic carbocycles. The van der Waals surface area contributed by atoms with E-state index in [1.165, 1.54) is 6.20 Å². The Morgan fingerprint density at radius 3 is 2.75 bits per heavy atom. The van der Waals surface area contributed by atoms with Gasteiger partial charge in [-0.3, -0.25) is 0 Å². The molecule has 24 heavy (non-hydrogen) atoms. The maximum absolute atomic E-state index is 12.2. The highest BCUT2D eigenvalue weighted by Crippen LogP contribution is 2.39. The Labute approximate surface area is 144 Å². The SMILES string of the molecule is CC(C)(C)OC(=O)c1cccc(C2OC(=O)c3nccc(Cl)c32)c1. The number of hydrogen-bond donors (Lipinski definition) is 0. The minimum atomic E-state index is -0.684. The maximum atomic E-state index is 12.2. The third-order valence-electron chi connectivity index (χ3n) is 3.44. The van der Waals surface area contributed by atoms with Gasteiger partial charge in [0.2, 0.25) is 0 Å². The van der Waals surface area contributed by atoms with Crippen molar-refractivity contribution < 1.29 is 19.1 Å². The largest absolute Gasteiger partial charge is 0.456 e. The Bertz CT molecular complexity index is 826. The number of pyridine rings is 1. The lowest BCUT2D eigenvalue weighted by molar-refractivity contribution is 0.00693. The van der Waals surface area contributed by atoms with Crippen LogP contribution in [-0.2, 0) is 9.47 Å². The fraction of sp³-hybridized carbons (Fsp3) is 0.278. The summed E-state index contributed by atoms with van der Waals surface area (Å²) in [5.41, 5.74) is 1.15. The molecular formula is C18H16ClNO4. The molecule has 1 atom stereocenters. The summed E-state index contributed by atoms with van der Waals surface area (Å²) >= 11 is 6.21. The van der Waals surface area contributed by atoms with Crippen LogP contribution in [0, 0.1) is 0 Å². The predicted molar refractivity (Wildman–Crippen MR) is 88.1 cm³/mol. The molecule has 3 rings (SSSR count). The summed E-state index contributed by atoms with van der Waals surface area (Å²) in [7, 11) is 0. The van der Waals surface area contributed by atoms with Gasteiger partial charge in [0, 0.05) is 11.8 Å². The van der Waals surface area contributed by atoms with Crippen LogP contribution in [0.2, 0.25) is 5.02 Å². The van der Waals surface area contributed by atoms with Gasteiger partial charge in [-0.05, 0) is 44.5 Å². The van der Waals surface area contributed by atoms with Gasteiger partial charge in [-0.25, -0.2) is 14.6 Å². The Morgan fingerprint density at radius 1 is 1.29 bits per heavy atom. The summed E-state index contributed by atoms with van der Waals surface area (Å²) in [6.45, 7) is 5.40. The van der Waals surface area contributed by atoms with E-state index in [0.717, 1.165) is 0 Å². The molecule has 1 aliphatic rings. The Kier molecular flexibility index (Phi) is 4.05. The normalized spacial score (nSPS) is 16.5. The first-order valence-electron chi connectivity index (χ1n) is 7.45. The number of aromatic nitrogens is 1. The van der Waals surface area contributed by atoms with Crippen molar-refractivity contribution >= 4 is 23.5 Å². The van der Waals surface area contributed by atoms with Crippen LogP contribution in [0.4, 0.5) is 0 Å². The van der Waals surface area contributed by atoms with Crippen LogP contribution in [0.1, 0.15) is 58.8 Å². The zero-order valence-corrected chi connectivity index (χ0v) is 14.3. The van der Waals surface area contributed by atoms with Gasteiger partial charge in [0.05, 0.1) is 10.6 Å². The number of carbonyl (C=O) groups excluding carboxylic acids is 2. The van der Waals surface area contributed by atoms with E-state index in [0.29, 0.717) is 21.7 Å². The Morgan fingerprint density at radius 2 is 2.04 bits per heavy atom. The summed E-state index contributed by atoms with van der Waals surface area (Å²) in [5, 5.41) is 0.401. The number of benzene rings is 1. The smallest absolute Gasteiger partial charge is 0.358 e. The number of ether oxygens (including phenoxy) is 2. The lowest BCUT2D eigenvalue weighted by Gasteiger charge is -2.20. The average Bonchev–Trinajstić information content (AvgIpc) is 2.84. The maximum Gasteiger partial charge on any atom is 0.358 e. The molecular weight excluding hydrogens is 330 g/mol. The van der Waals surface area contributed by atoms with E-state index in [1.54, 1.807) is 51.1 Å². The van der Waals surface area contributed by atoms with Crippen molar-refractivity contribution in [1.82, 2.24) is 4.98 Å². The third-order valence-corrected chi connectivity index (χ3v) is 3.77. The van der Waals surface area contributed by atoms with Crippen LogP contribution in [0.15, 0.2) is 36.5 Å². The molecule has 2 aromatic rings. The summed E-state index contributed by atoms with van der Waals surface area (Å²) < 4.78 is 10.8. The van der Waals surface area contributed by atoms with E-state index in [1.807, 2.05) is 0 Å². The number of esters is 2.